The highest BCUT2D eigenvalue weighted by Gasteiger charge is 2.05. The van der Waals surface area contributed by atoms with E-state index in [9.17, 15) is 0 Å². The maximum Gasteiger partial charge on any atom is 0.184 e. The number of aromatic nitrogens is 1. The van der Waals surface area contributed by atoms with E-state index in [0.29, 0.717) is 0 Å². The first-order valence-electron chi connectivity index (χ1n) is 7.16. The summed E-state index contributed by atoms with van der Waals surface area (Å²) < 4.78 is 1.26. The van der Waals surface area contributed by atoms with Gasteiger partial charge in [-0.25, -0.2) is 4.98 Å². The van der Waals surface area contributed by atoms with Crippen molar-refractivity contribution >= 4 is 38.4 Å². The third kappa shape index (κ3) is 3.77. The number of rotatable bonds is 6. The third-order valence-electron chi connectivity index (χ3n) is 3.12. The van der Waals surface area contributed by atoms with Gasteiger partial charge in [-0.2, -0.15) is 0 Å². The van der Waals surface area contributed by atoms with Crippen molar-refractivity contribution in [1.82, 2.24) is 4.98 Å². The summed E-state index contributed by atoms with van der Waals surface area (Å²) in [5.41, 5.74) is 2.35. The van der Waals surface area contributed by atoms with Crippen molar-refractivity contribution in [3.05, 3.63) is 54.1 Å². The number of thiazole rings is 1. The molecule has 0 radical (unpaired) electrons. The predicted octanol–water partition coefficient (Wildman–Crippen LogP) is 5.41. The minimum absolute atomic E-state index is 0.818. The maximum atomic E-state index is 4.65. The Bertz CT molecular complexity index is 707. The molecule has 2 aromatic carbocycles. The van der Waals surface area contributed by atoms with Crippen molar-refractivity contribution in [3.63, 3.8) is 0 Å². The van der Waals surface area contributed by atoms with Crippen LogP contribution in [0.4, 0.5) is 5.13 Å². The van der Waals surface area contributed by atoms with Crippen LogP contribution < -0.4 is 5.32 Å². The monoisotopic (exact) mass is 314 g/mol. The van der Waals surface area contributed by atoms with Gasteiger partial charge < -0.3 is 5.32 Å². The Morgan fingerprint density at radius 2 is 2.00 bits per heavy atom. The third-order valence-corrected chi connectivity index (χ3v) is 5.29. The zero-order chi connectivity index (χ0) is 14.5. The molecule has 0 aliphatic heterocycles. The largest absolute Gasteiger partial charge is 0.357 e. The minimum Gasteiger partial charge on any atom is -0.357 e. The van der Waals surface area contributed by atoms with Gasteiger partial charge in [0.05, 0.1) is 10.2 Å². The molecule has 3 rings (SSSR count). The summed E-state index contributed by atoms with van der Waals surface area (Å²) in [4.78, 5) is 5.98. The van der Waals surface area contributed by atoms with Crippen LogP contribution in [0.3, 0.4) is 0 Å². The van der Waals surface area contributed by atoms with E-state index in [1.807, 2.05) is 17.8 Å². The molecule has 1 N–H and O–H groups in total. The first kappa shape index (κ1) is 14.4. The number of nitrogens with one attached hydrogen (secondary N) is 1. The number of thioether (sulfide) groups is 1. The molecule has 0 saturated carbocycles. The molecule has 0 spiro atoms. The summed E-state index contributed by atoms with van der Waals surface area (Å²) in [5.74, 6) is 1.17. The highest BCUT2D eigenvalue weighted by molar-refractivity contribution is 7.99. The number of anilines is 1. The lowest BCUT2D eigenvalue weighted by Crippen LogP contribution is -1.97. The second-order valence-corrected chi connectivity index (χ2v) is 7.04. The molecule has 0 unspecified atom stereocenters. The highest BCUT2D eigenvalue weighted by Crippen LogP contribution is 2.30. The lowest BCUT2D eigenvalue weighted by molar-refractivity contribution is 1.10. The molecule has 3 aromatic rings. The van der Waals surface area contributed by atoms with Gasteiger partial charge >= 0.3 is 0 Å². The number of hydrogen-bond acceptors (Lipinski definition) is 4. The van der Waals surface area contributed by atoms with Gasteiger partial charge in [0.15, 0.2) is 5.13 Å². The van der Waals surface area contributed by atoms with Crippen LogP contribution >= 0.6 is 23.1 Å². The molecular formula is C17H18N2S2. The van der Waals surface area contributed by atoms with Crippen LogP contribution in [0, 0.1) is 0 Å². The Morgan fingerprint density at radius 1 is 1.14 bits per heavy atom. The Labute approximate surface area is 133 Å². The van der Waals surface area contributed by atoms with E-state index < -0.39 is 0 Å². The molecule has 0 atom stereocenters. The minimum atomic E-state index is 0.818. The SMILES string of the molecule is CCCSc1ccc2nc(NCc3ccccc3)sc2c1. The van der Waals surface area contributed by atoms with Gasteiger partial charge in [0.1, 0.15) is 0 Å². The molecule has 0 saturated heterocycles. The van der Waals surface area contributed by atoms with Gasteiger partial charge in [0.2, 0.25) is 0 Å². The lowest BCUT2D eigenvalue weighted by atomic mass is 10.2. The van der Waals surface area contributed by atoms with Crippen LogP contribution in [0.25, 0.3) is 10.2 Å². The van der Waals surface area contributed by atoms with Crippen molar-refractivity contribution in [1.29, 1.82) is 0 Å². The molecule has 0 aliphatic carbocycles. The fourth-order valence-electron chi connectivity index (χ4n) is 2.06. The molecule has 1 aromatic heterocycles. The Balaban J connectivity index is 1.71. The van der Waals surface area contributed by atoms with Crippen molar-refractivity contribution < 1.29 is 0 Å². The number of hydrogen-bond donors (Lipinski definition) is 1. The van der Waals surface area contributed by atoms with Crippen LogP contribution in [-0.4, -0.2) is 10.7 Å². The van der Waals surface area contributed by atoms with E-state index >= 15 is 0 Å². The topological polar surface area (TPSA) is 24.9 Å². The van der Waals surface area contributed by atoms with Gasteiger partial charge in [-0.3, -0.25) is 0 Å². The quantitative estimate of drug-likeness (QED) is 0.616. The molecule has 0 bridgehead atoms. The molecular weight excluding hydrogens is 296 g/mol. The van der Waals surface area contributed by atoms with Crippen LogP contribution in [-0.2, 0) is 6.54 Å². The van der Waals surface area contributed by atoms with E-state index in [4.69, 9.17) is 0 Å². The van der Waals surface area contributed by atoms with Gasteiger partial charge in [-0.1, -0.05) is 48.6 Å². The molecule has 0 amide bonds. The van der Waals surface area contributed by atoms with Gasteiger partial charge in [-0.15, -0.1) is 11.8 Å². The predicted molar refractivity (Wildman–Crippen MR) is 94.4 cm³/mol. The van der Waals surface area contributed by atoms with Gasteiger partial charge in [-0.05, 0) is 35.9 Å². The summed E-state index contributed by atoms with van der Waals surface area (Å²) in [5, 5.41) is 4.41. The molecule has 0 fully saturated rings. The van der Waals surface area contributed by atoms with Crippen molar-refractivity contribution in [2.24, 2.45) is 0 Å². The molecule has 108 valence electrons. The van der Waals surface area contributed by atoms with E-state index in [1.54, 1.807) is 11.3 Å². The Hall–Kier alpha value is -1.52. The van der Waals surface area contributed by atoms with Gasteiger partial charge in [0.25, 0.3) is 0 Å². The second-order valence-electron chi connectivity index (χ2n) is 4.84. The number of benzene rings is 2. The number of nitrogens with zero attached hydrogens (tertiary/aromatic N) is 1. The average molecular weight is 314 g/mol. The first-order chi connectivity index (χ1) is 10.3. The fourth-order valence-corrected chi connectivity index (χ4v) is 3.84. The van der Waals surface area contributed by atoms with Gasteiger partial charge in [0, 0.05) is 11.4 Å². The summed E-state index contributed by atoms with van der Waals surface area (Å²) in [7, 11) is 0. The molecule has 2 nitrogen and oxygen atoms in total. The zero-order valence-electron chi connectivity index (χ0n) is 12.0. The standard InChI is InChI=1S/C17H18N2S2/c1-2-10-20-14-8-9-15-16(11-14)21-17(19-15)18-12-13-6-4-3-5-7-13/h3-9,11H,2,10,12H2,1H3,(H,18,19). The Morgan fingerprint density at radius 3 is 2.81 bits per heavy atom. The summed E-state index contributed by atoms with van der Waals surface area (Å²) in [6.45, 7) is 3.03. The second kappa shape index (κ2) is 6.96. The highest BCUT2D eigenvalue weighted by atomic mass is 32.2. The molecule has 0 aliphatic rings. The molecule has 4 heteroatoms. The normalized spacial score (nSPS) is 10.9. The first-order valence-corrected chi connectivity index (χ1v) is 8.96. The lowest BCUT2D eigenvalue weighted by Gasteiger charge is -2.01. The zero-order valence-corrected chi connectivity index (χ0v) is 13.6. The van der Waals surface area contributed by atoms with Crippen molar-refractivity contribution in [3.8, 4) is 0 Å². The van der Waals surface area contributed by atoms with E-state index in [2.05, 4.69) is 59.7 Å². The van der Waals surface area contributed by atoms with Crippen LogP contribution in [0.1, 0.15) is 18.9 Å². The van der Waals surface area contributed by atoms with E-state index in [1.165, 1.54) is 27.3 Å². The molecule has 1 heterocycles. The summed E-state index contributed by atoms with van der Waals surface area (Å²) in [6.07, 6.45) is 1.20. The van der Waals surface area contributed by atoms with E-state index in [0.717, 1.165) is 17.2 Å². The van der Waals surface area contributed by atoms with Crippen LogP contribution in [0.2, 0.25) is 0 Å². The van der Waals surface area contributed by atoms with Crippen molar-refractivity contribution in [2.45, 2.75) is 24.8 Å². The van der Waals surface area contributed by atoms with E-state index in [-0.39, 0.29) is 0 Å². The van der Waals surface area contributed by atoms with Crippen LogP contribution in [0.15, 0.2) is 53.4 Å². The smallest absolute Gasteiger partial charge is 0.184 e. The maximum absolute atomic E-state index is 4.65. The average Bonchev–Trinajstić information content (AvgIpc) is 2.94. The molecule has 21 heavy (non-hydrogen) atoms. The number of fused-ring (bicyclic) bond motifs is 1. The fraction of sp³-hybridized carbons (Fsp3) is 0.235. The van der Waals surface area contributed by atoms with Crippen molar-refractivity contribution in [2.75, 3.05) is 11.1 Å². The van der Waals surface area contributed by atoms with Crippen LogP contribution in [0.5, 0.6) is 0 Å². The Kier molecular flexibility index (Phi) is 4.78. The summed E-state index contributed by atoms with van der Waals surface area (Å²) >= 11 is 3.64. The summed E-state index contributed by atoms with van der Waals surface area (Å²) in [6, 6.07) is 17.0.